The van der Waals surface area contributed by atoms with Crippen LogP contribution in [-0.4, -0.2) is 47.3 Å². The van der Waals surface area contributed by atoms with E-state index >= 15 is 0 Å². The maximum absolute atomic E-state index is 13.2. The number of carbonyl (C=O) groups excluding carboxylic acids is 2. The van der Waals surface area contributed by atoms with Crippen molar-refractivity contribution in [2.75, 3.05) is 24.5 Å². The zero-order valence-corrected chi connectivity index (χ0v) is 18.2. The molecule has 0 bridgehead atoms. The van der Waals surface area contributed by atoms with E-state index in [4.69, 9.17) is 5.26 Å². The zero-order valence-electron chi connectivity index (χ0n) is 17.4. The Hall–Kier alpha value is -3.50. The van der Waals surface area contributed by atoms with Gasteiger partial charge in [0.15, 0.2) is 5.78 Å². The molecule has 1 aromatic carbocycles. The number of aromatic nitrogens is 1. The van der Waals surface area contributed by atoms with E-state index in [1.54, 1.807) is 19.2 Å². The van der Waals surface area contributed by atoms with Crippen LogP contribution in [-0.2, 0) is 0 Å². The fourth-order valence-corrected chi connectivity index (χ4v) is 4.66. The van der Waals surface area contributed by atoms with E-state index in [2.05, 4.69) is 16.0 Å². The predicted molar refractivity (Wildman–Crippen MR) is 121 cm³/mol. The van der Waals surface area contributed by atoms with Crippen molar-refractivity contribution in [3.8, 4) is 16.5 Å². The summed E-state index contributed by atoms with van der Waals surface area (Å²) in [5.74, 6) is 0.871. The summed E-state index contributed by atoms with van der Waals surface area (Å²) in [5.41, 5.74) is 2.12. The minimum atomic E-state index is 0.00475. The number of amides is 1. The van der Waals surface area contributed by atoms with Gasteiger partial charge in [-0.3, -0.25) is 9.59 Å². The molecule has 2 aromatic heterocycles. The molecule has 156 valence electrons. The van der Waals surface area contributed by atoms with E-state index in [-0.39, 0.29) is 17.7 Å². The van der Waals surface area contributed by atoms with Gasteiger partial charge in [0.05, 0.1) is 10.4 Å². The predicted octanol–water partition coefficient (Wildman–Crippen LogP) is 4.24. The molecule has 0 radical (unpaired) electrons. The van der Waals surface area contributed by atoms with Gasteiger partial charge in [-0.05, 0) is 55.8 Å². The highest BCUT2D eigenvalue weighted by atomic mass is 32.1. The standard InChI is InChI=1S/C24H22N4O2S/c1-16-15-27(23-9-6-18(13-25)14-26-23)10-11-28(16)24(30)20-5-3-4-19(12-20)22-8-7-21(31-22)17(2)29/h3-9,12,14,16H,10-11,15H2,1-2H3. The van der Waals surface area contributed by atoms with Gasteiger partial charge in [-0.15, -0.1) is 11.3 Å². The van der Waals surface area contributed by atoms with Crippen LogP contribution in [0.25, 0.3) is 10.4 Å². The number of pyridine rings is 1. The van der Waals surface area contributed by atoms with E-state index in [9.17, 15) is 9.59 Å². The number of thiophene rings is 1. The number of piperazine rings is 1. The maximum Gasteiger partial charge on any atom is 0.254 e. The molecule has 4 rings (SSSR count). The third-order valence-electron chi connectivity index (χ3n) is 5.44. The molecule has 1 unspecified atom stereocenters. The summed E-state index contributed by atoms with van der Waals surface area (Å²) in [6, 6.07) is 17.1. The van der Waals surface area contributed by atoms with E-state index in [1.807, 2.05) is 54.3 Å². The zero-order chi connectivity index (χ0) is 22.0. The molecular formula is C24H22N4O2S. The van der Waals surface area contributed by atoms with Crippen molar-refractivity contribution >= 4 is 28.8 Å². The summed E-state index contributed by atoms with van der Waals surface area (Å²) in [6.45, 7) is 5.55. The molecule has 3 aromatic rings. The lowest BCUT2D eigenvalue weighted by molar-refractivity contribution is 0.0673. The first-order chi connectivity index (χ1) is 15.0. The number of benzene rings is 1. The Morgan fingerprint density at radius 2 is 2.00 bits per heavy atom. The monoisotopic (exact) mass is 430 g/mol. The first-order valence-corrected chi connectivity index (χ1v) is 10.9. The summed E-state index contributed by atoms with van der Waals surface area (Å²) < 4.78 is 0. The van der Waals surface area contributed by atoms with E-state index in [0.717, 1.165) is 16.3 Å². The molecule has 7 heteroatoms. The molecule has 0 N–H and O–H groups in total. The molecular weight excluding hydrogens is 408 g/mol. The van der Waals surface area contributed by atoms with Gasteiger partial charge in [-0.25, -0.2) is 4.98 Å². The molecule has 6 nitrogen and oxygen atoms in total. The largest absolute Gasteiger partial charge is 0.353 e. The molecule has 1 saturated heterocycles. The van der Waals surface area contributed by atoms with Gasteiger partial charge in [-0.2, -0.15) is 5.26 Å². The second-order valence-electron chi connectivity index (χ2n) is 7.61. The summed E-state index contributed by atoms with van der Waals surface area (Å²) in [7, 11) is 0. The molecule has 0 spiro atoms. The van der Waals surface area contributed by atoms with Crippen LogP contribution in [0.2, 0.25) is 0 Å². The van der Waals surface area contributed by atoms with Crippen LogP contribution in [0.4, 0.5) is 5.82 Å². The third kappa shape index (κ3) is 4.35. The van der Waals surface area contributed by atoms with Crippen molar-refractivity contribution in [2.45, 2.75) is 19.9 Å². The Morgan fingerprint density at radius 1 is 1.16 bits per heavy atom. The second kappa shape index (κ2) is 8.70. The minimum Gasteiger partial charge on any atom is -0.353 e. The highest BCUT2D eigenvalue weighted by molar-refractivity contribution is 7.17. The van der Waals surface area contributed by atoms with Crippen LogP contribution in [0, 0.1) is 11.3 Å². The Kier molecular flexibility index (Phi) is 5.83. The number of nitriles is 1. The van der Waals surface area contributed by atoms with Crippen LogP contribution < -0.4 is 4.90 Å². The average Bonchev–Trinajstić information content (AvgIpc) is 3.30. The molecule has 0 aliphatic carbocycles. The van der Waals surface area contributed by atoms with E-state index in [1.165, 1.54) is 11.3 Å². The number of hydrogen-bond donors (Lipinski definition) is 0. The molecule has 1 fully saturated rings. The Morgan fingerprint density at radius 3 is 2.65 bits per heavy atom. The number of nitrogens with zero attached hydrogens (tertiary/aromatic N) is 4. The molecule has 1 aliphatic rings. The topological polar surface area (TPSA) is 77.3 Å². The highest BCUT2D eigenvalue weighted by Gasteiger charge is 2.29. The lowest BCUT2D eigenvalue weighted by Crippen LogP contribution is -2.54. The normalized spacial score (nSPS) is 16.1. The molecule has 1 atom stereocenters. The van der Waals surface area contributed by atoms with Crippen molar-refractivity contribution in [1.29, 1.82) is 5.26 Å². The summed E-state index contributed by atoms with van der Waals surface area (Å²) in [6.07, 6.45) is 1.57. The summed E-state index contributed by atoms with van der Waals surface area (Å²) in [4.78, 5) is 34.9. The van der Waals surface area contributed by atoms with Crippen molar-refractivity contribution in [1.82, 2.24) is 9.88 Å². The second-order valence-corrected chi connectivity index (χ2v) is 8.70. The fraction of sp³-hybridized carbons (Fsp3) is 0.250. The summed E-state index contributed by atoms with van der Waals surface area (Å²) >= 11 is 1.44. The Balaban J connectivity index is 1.48. The number of carbonyl (C=O) groups is 2. The van der Waals surface area contributed by atoms with Crippen LogP contribution in [0.5, 0.6) is 0 Å². The number of Topliss-reactive ketones (excluding diaryl/α,β-unsaturated/α-hetero) is 1. The molecule has 31 heavy (non-hydrogen) atoms. The number of rotatable bonds is 4. The van der Waals surface area contributed by atoms with Crippen LogP contribution in [0.15, 0.2) is 54.7 Å². The lowest BCUT2D eigenvalue weighted by atomic mass is 10.1. The smallest absolute Gasteiger partial charge is 0.254 e. The van der Waals surface area contributed by atoms with Gasteiger partial charge < -0.3 is 9.80 Å². The molecule has 0 saturated carbocycles. The van der Waals surface area contributed by atoms with Gasteiger partial charge in [0.1, 0.15) is 11.9 Å². The SMILES string of the molecule is CC(=O)c1ccc(-c2cccc(C(=O)N3CCN(c4ccc(C#N)cn4)CC3C)c2)s1. The minimum absolute atomic E-state index is 0.00475. The number of anilines is 1. The van der Waals surface area contributed by atoms with E-state index in [0.29, 0.717) is 35.6 Å². The molecule has 1 amide bonds. The average molecular weight is 431 g/mol. The first-order valence-electron chi connectivity index (χ1n) is 10.1. The number of hydrogen-bond acceptors (Lipinski definition) is 6. The quantitative estimate of drug-likeness (QED) is 0.579. The van der Waals surface area contributed by atoms with Crippen molar-refractivity contribution in [2.24, 2.45) is 0 Å². The van der Waals surface area contributed by atoms with Crippen molar-refractivity contribution in [3.63, 3.8) is 0 Å². The third-order valence-corrected chi connectivity index (χ3v) is 6.67. The van der Waals surface area contributed by atoms with Crippen LogP contribution >= 0.6 is 11.3 Å². The Labute approximate surface area is 185 Å². The van der Waals surface area contributed by atoms with Gasteiger partial charge in [0.25, 0.3) is 5.91 Å². The lowest BCUT2D eigenvalue weighted by Gasteiger charge is -2.40. The van der Waals surface area contributed by atoms with Gasteiger partial charge in [0.2, 0.25) is 0 Å². The van der Waals surface area contributed by atoms with Crippen LogP contribution in [0.3, 0.4) is 0 Å². The highest BCUT2D eigenvalue weighted by Crippen LogP contribution is 2.29. The number of ketones is 1. The van der Waals surface area contributed by atoms with Gasteiger partial charge in [0, 0.05) is 42.3 Å². The molecule has 3 heterocycles. The first kappa shape index (κ1) is 20.8. The van der Waals surface area contributed by atoms with Crippen molar-refractivity contribution in [3.05, 3.63) is 70.7 Å². The Bertz CT molecular complexity index is 1160. The maximum atomic E-state index is 13.2. The van der Waals surface area contributed by atoms with Gasteiger partial charge >= 0.3 is 0 Å². The van der Waals surface area contributed by atoms with Crippen molar-refractivity contribution < 1.29 is 9.59 Å². The van der Waals surface area contributed by atoms with Crippen LogP contribution in [0.1, 0.15) is 39.4 Å². The molecule has 1 aliphatic heterocycles. The summed E-state index contributed by atoms with van der Waals surface area (Å²) in [5, 5.41) is 8.94. The fourth-order valence-electron chi connectivity index (χ4n) is 3.76. The van der Waals surface area contributed by atoms with E-state index < -0.39 is 0 Å². The van der Waals surface area contributed by atoms with Gasteiger partial charge in [-0.1, -0.05) is 12.1 Å².